The maximum atomic E-state index is 13.1. The van der Waals surface area contributed by atoms with E-state index in [4.69, 9.17) is 4.52 Å². The van der Waals surface area contributed by atoms with Crippen molar-refractivity contribution >= 4 is 11.7 Å². The molecule has 5 rings (SSSR count). The third kappa shape index (κ3) is 2.53. The second kappa shape index (κ2) is 5.89. The van der Waals surface area contributed by atoms with Crippen LogP contribution < -0.4 is 4.90 Å². The molecular weight excluding hydrogens is 306 g/mol. The van der Waals surface area contributed by atoms with Crippen LogP contribution in [0.3, 0.4) is 0 Å². The van der Waals surface area contributed by atoms with Gasteiger partial charge in [-0.2, -0.15) is 0 Å². The van der Waals surface area contributed by atoms with E-state index in [9.17, 15) is 4.79 Å². The SMILES string of the molecule is Cc1noc(C)c1C(=O)N1CC2CCC1CN(c1cnccn1)C2. The van der Waals surface area contributed by atoms with Gasteiger partial charge in [0.25, 0.3) is 5.91 Å². The fourth-order valence-corrected chi connectivity index (χ4v) is 3.90. The minimum absolute atomic E-state index is 0.0435. The Morgan fingerprint density at radius 2 is 2.08 bits per heavy atom. The average molecular weight is 327 g/mol. The summed E-state index contributed by atoms with van der Waals surface area (Å²) in [6.07, 6.45) is 7.37. The molecule has 126 valence electrons. The van der Waals surface area contributed by atoms with Crippen molar-refractivity contribution in [3.63, 3.8) is 0 Å². The fraction of sp³-hybridized carbons (Fsp3) is 0.529. The van der Waals surface area contributed by atoms with Crippen molar-refractivity contribution < 1.29 is 9.32 Å². The summed E-state index contributed by atoms with van der Waals surface area (Å²) >= 11 is 0. The van der Waals surface area contributed by atoms with Crippen LogP contribution in [-0.2, 0) is 0 Å². The Hall–Kier alpha value is -2.44. The monoisotopic (exact) mass is 327 g/mol. The number of aryl methyl sites for hydroxylation is 2. The summed E-state index contributed by atoms with van der Waals surface area (Å²) in [6.45, 7) is 6.12. The van der Waals surface area contributed by atoms with Gasteiger partial charge in [0.2, 0.25) is 0 Å². The number of amides is 1. The first-order chi connectivity index (χ1) is 11.6. The van der Waals surface area contributed by atoms with Crippen LogP contribution in [0.25, 0.3) is 0 Å². The molecule has 2 atom stereocenters. The van der Waals surface area contributed by atoms with Crippen LogP contribution in [0.1, 0.15) is 34.7 Å². The smallest absolute Gasteiger partial charge is 0.259 e. The Morgan fingerprint density at radius 3 is 2.79 bits per heavy atom. The highest BCUT2D eigenvalue weighted by Gasteiger charge is 2.39. The van der Waals surface area contributed by atoms with Gasteiger partial charge in [-0.15, -0.1) is 0 Å². The first-order valence-electron chi connectivity index (χ1n) is 8.38. The average Bonchev–Trinajstić information content (AvgIpc) is 2.79. The molecule has 0 aliphatic carbocycles. The van der Waals surface area contributed by atoms with Crippen molar-refractivity contribution in [3.05, 3.63) is 35.6 Å². The second-order valence-electron chi connectivity index (χ2n) is 6.72. The maximum absolute atomic E-state index is 13.1. The van der Waals surface area contributed by atoms with Crippen molar-refractivity contribution in [1.82, 2.24) is 20.0 Å². The Balaban J connectivity index is 1.60. The lowest BCUT2D eigenvalue weighted by atomic mass is 9.94. The molecular formula is C17H21N5O2. The summed E-state index contributed by atoms with van der Waals surface area (Å²) in [5, 5.41) is 3.93. The molecule has 7 heteroatoms. The van der Waals surface area contributed by atoms with Crippen LogP contribution in [0.2, 0.25) is 0 Å². The summed E-state index contributed by atoms with van der Waals surface area (Å²) in [4.78, 5) is 25.9. The lowest BCUT2D eigenvalue weighted by Crippen LogP contribution is -2.47. The molecule has 3 saturated heterocycles. The highest BCUT2D eigenvalue weighted by Crippen LogP contribution is 2.31. The molecule has 1 amide bonds. The number of hydrogen-bond acceptors (Lipinski definition) is 6. The summed E-state index contributed by atoms with van der Waals surface area (Å²) in [6, 6.07) is 0.187. The highest BCUT2D eigenvalue weighted by atomic mass is 16.5. The molecule has 3 fully saturated rings. The number of fused-ring (bicyclic) bond motifs is 4. The van der Waals surface area contributed by atoms with Gasteiger partial charge >= 0.3 is 0 Å². The minimum Gasteiger partial charge on any atom is -0.361 e. The van der Waals surface area contributed by atoms with E-state index in [-0.39, 0.29) is 11.9 Å². The number of nitrogens with zero attached hydrogens (tertiary/aromatic N) is 5. The maximum Gasteiger partial charge on any atom is 0.259 e. The molecule has 0 saturated carbocycles. The van der Waals surface area contributed by atoms with E-state index in [1.807, 2.05) is 11.8 Å². The van der Waals surface area contributed by atoms with E-state index >= 15 is 0 Å². The molecule has 3 aliphatic heterocycles. The van der Waals surface area contributed by atoms with Gasteiger partial charge in [-0.05, 0) is 32.6 Å². The largest absolute Gasteiger partial charge is 0.361 e. The van der Waals surface area contributed by atoms with E-state index in [1.165, 1.54) is 0 Å². The standard InChI is InChI=1S/C17H21N5O2/c1-11-16(12(2)24-20-11)17(23)22-9-13-3-4-14(22)10-21(8-13)15-7-18-5-6-19-15/h5-7,13-14H,3-4,8-10H2,1-2H3. The second-order valence-corrected chi connectivity index (χ2v) is 6.72. The van der Waals surface area contributed by atoms with Gasteiger partial charge in [-0.25, -0.2) is 4.98 Å². The Morgan fingerprint density at radius 1 is 1.21 bits per heavy atom. The lowest BCUT2D eigenvalue weighted by Gasteiger charge is -2.36. The Bertz CT molecular complexity index is 725. The molecule has 0 aromatic carbocycles. The topological polar surface area (TPSA) is 75.4 Å². The van der Waals surface area contributed by atoms with E-state index in [0.29, 0.717) is 22.9 Å². The first kappa shape index (κ1) is 15.1. The number of piperidine rings is 1. The van der Waals surface area contributed by atoms with Crippen LogP contribution in [0.5, 0.6) is 0 Å². The molecule has 2 aromatic rings. The van der Waals surface area contributed by atoms with Crippen LogP contribution >= 0.6 is 0 Å². The van der Waals surface area contributed by atoms with Crippen molar-refractivity contribution in [3.8, 4) is 0 Å². The zero-order chi connectivity index (χ0) is 16.7. The zero-order valence-corrected chi connectivity index (χ0v) is 14.0. The number of hydrogen-bond donors (Lipinski definition) is 0. The minimum atomic E-state index is 0.0435. The van der Waals surface area contributed by atoms with Crippen molar-refractivity contribution in [1.29, 1.82) is 0 Å². The number of aromatic nitrogens is 3. The Kier molecular flexibility index (Phi) is 3.70. The van der Waals surface area contributed by atoms with Crippen LogP contribution in [0.15, 0.2) is 23.1 Å². The molecule has 3 aliphatic rings. The molecule has 24 heavy (non-hydrogen) atoms. The van der Waals surface area contributed by atoms with Crippen molar-refractivity contribution in [2.45, 2.75) is 32.7 Å². The number of anilines is 1. The first-order valence-corrected chi connectivity index (χ1v) is 8.38. The van der Waals surface area contributed by atoms with E-state index in [1.54, 1.807) is 25.5 Å². The van der Waals surface area contributed by atoms with Gasteiger partial charge < -0.3 is 14.3 Å². The third-order valence-electron chi connectivity index (χ3n) is 5.10. The van der Waals surface area contributed by atoms with Gasteiger partial charge in [0.05, 0.1) is 11.9 Å². The van der Waals surface area contributed by atoms with E-state index < -0.39 is 0 Å². The van der Waals surface area contributed by atoms with E-state index in [2.05, 4.69) is 20.0 Å². The summed E-state index contributed by atoms with van der Waals surface area (Å²) < 4.78 is 5.18. The molecule has 7 nitrogen and oxygen atoms in total. The quantitative estimate of drug-likeness (QED) is 0.837. The number of rotatable bonds is 2. The summed E-state index contributed by atoms with van der Waals surface area (Å²) in [5.74, 6) is 1.99. The van der Waals surface area contributed by atoms with Crippen LogP contribution in [0, 0.1) is 19.8 Å². The molecule has 2 unspecified atom stereocenters. The summed E-state index contributed by atoms with van der Waals surface area (Å²) in [7, 11) is 0. The molecule has 2 bridgehead atoms. The van der Waals surface area contributed by atoms with Crippen molar-refractivity contribution in [2.75, 3.05) is 24.5 Å². The summed E-state index contributed by atoms with van der Waals surface area (Å²) in [5.41, 5.74) is 1.29. The van der Waals surface area contributed by atoms with Gasteiger partial charge in [0, 0.05) is 38.1 Å². The van der Waals surface area contributed by atoms with Gasteiger partial charge in [0.1, 0.15) is 17.1 Å². The van der Waals surface area contributed by atoms with Gasteiger partial charge in [-0.3, -0.25) is 9.78 Å². The number of carbonyl (C=O) groups excluding carboxylic acids is 1. The molecule has 0 N–H and O–H groups in total. The molecule has 0 spiro atoms. The van der Waals surface area contributed by atoms with Crippen LogP contribution in [0.4, 0.5) is 5.82 Å². The highest BCUT2D eigenvalue weighted by molar-refractivity contribution is 5.96. The molecule has 0 radical (unpaired) electrons. The Labute approximate surface area is 140 Å². The predicted octanol–water partition coefficient (Wildman–Crippen LogP) is 1.82. The third-order valence-corrected chi connectivity index (χ3v) is 5.10. The fourth-order valence-electron chi connectivity index (χ4n) is 3.90. The molecule has 5 heterocycles. The van der Waals surface area contributed by atoms with Crippen LogP contribution in [-0.4, -0.2) is 51.6 Å². The zero-order valence-electron chi connectivity index (χ0n) is 14.0. The normalized spacial score (nSPS) is 23.4. The molecule has 2 aromatic heterocycles. The van der Waals surface area contributed by atoms with Gasteiger partial charge in [0.15, 0.2) is 0 Å². The lowest BCUT2D eigenvalue weighted by molar-refractivity contribution is 0.0589. The van der Waals surface area contributed by atoms with E-state index in [0.717, 1.165) is 38.3 Å². The van der Waals surface area contributed by atoms with Crippen molar-refractivity contribution in [2.24, 2.45) is 5.92 Å². The number of carbonyl (C=O) groups is 1. The predicted molar refractivity (Wildman–Crippen MR) is 87.8 cm³/mol. The van der Waals surface area contributed by atoms with Gasteiger partial charge in [-0.1, -0.05) is 5.16 Å².